The molecule has 0 saturated heterocycles. The lowest BCUT2D eigenvalue weighted by molar-refractivity contribution is -0.130. The Morgan fingerprint density at radius 1 is 1.36 bits per heavy atom. The molecule has 0 radical (unpaired) electrons. The van der Waals surface area contributed by atoms with E-state index in [1.54, 1.807) is 0 Å². The number of hydroxylamine groups is 1. The number of benzene rings is 1. The van der Waals surface area contributed by atoms with Crippen molar-refractivity contribution in [3.05, 3.63) is 24.3 Å². The van der Waals surface area contributed by atoms with E-state index in [4.69, 9.17) is 15.7 Å². The number of carbonyl (C=O) groups excluding carboxylic acids is 1. The highest BCUT2D eigenvalue weighted by Gasteiger charge is 2.24. The molecule has 1 aromatic rings. The number of amides is 1. The van der Waals surface area contributed by atoms with Gasteiger partial charge in [-0.15, -0.1) is 0 Å². The zero-order chi connectivity index (χ0) is 16.6. The molecule has 0 bridgehead atoms. The first-order valence-corrected chi connectivity index (χ1v) is 8.32. The molecular weight excluding hydrogens is 310 g/mol. The fraction of sp³-hybridized carbons (Fsp3) is 0.462. The van der Waals surface area contributed by atoms with Crippen molar-refractivity contribution in [3.63, 3.8) is 0 Å². The van der Waals surface area contributed by atoms with Gasteiger partial charge in [0.05, 0.1) is 11.5 Å². The normalized spacial score (nSPS) is 12.7. The Balaban J connectivity index is 2.78. The molecule has 0 aliphatic heterocycles. The predicted octanol–water partition coefficient (Wildman–Crippen LogP) is -0.0235. The third kappa shape index (κ3) is 5.26. The van der Waals surface area contributed by atoms with E-state index < -0.39 is 22.0 Å². The molecule has 1 amide bonds. The molecule has 9 heteroatoms. The molecule has 0 saturated carbocycles. The summed E-state index contributed by atoms with van der Waals surface area (Å²) in [5.41, 5.74) is 6.67. The van der Waals surface area contributed by atoms with E-state index in [9.17, 15) is 13.2 Å². The number of rotatable bonds is 9. The van der Waals surface area contributed by atoms with Gasteiger partial charge in [-0.2, -0.15) is 4.72 Å². The molecule has 1 atom stereocenters. The van der Waals surface area contributed by atoms with Crippen LogP contribution in [0.5, 0.6) is 5.75 Å². The maximum absolute atomic E-state index is 12.1. The Hall–Kier alpha value is -1.68. The number of unbranched alkanes of at least 4 members (excludes halogenated alkanes) is 1. The molecule has 8 nitrogen and oxygen atoms in total. The van der Waals surface area contributed by atoms with Crippen LogP contribution in [0.1, 0.15) is 19.8 Å². The molecule has 1 aromatic carbocycles. The summed E-state index contributed by atoms with van der Waals surface area (Å²) >= 11 is 0. The van der Waals surface area contributed by atoms with E-state index >= 15 is 0 Å². The van der Waals surface area contributed by atoms with E-state index in [-0.39, 0.29) is 11.4 Å². The Kier molecular flexibility index (Phi) is 7.25. The Morgan fingerprint density at radius 3 is 2.50 bits per heavy atom. The Bertz CT molecular complexity index is 574. The maximum atomic E-state index is 12.1. The van der Waals surface area contributed by atoms with Crippen molar-refractivity contribution in [1.82, 2.24) is 10.2 Å². The third-order valence-corrected chi connectivity index (χ3v) is 4.35. The minimum absolute atomic E-state index is 0.0282. The van der Waals surface area contributed by atoms with Gasteiger partial charge >= 0.3 is 0 Å². The molecule has 0 aromatic heterocycles. The lowest BCUT2D eigenvalue weighted by Gasteiger charge is -2.15. The molecule has 5 N–H and O–H groups in total. The quantitative estimate of drug-likeness (QED) is 0.286. The van der Waals surface area contributed by atoms with Crippen LogP contribution < -0.4 is 20.7 Å². The van der Waals surface area contributed by atoms with E-state index in [0.29, 0.717) is 12.4 Å². The molecule has 0 heterocycles. The second-order valence-electron chi connectivity index (χ2n) is 4.56. The van der Waals surface area contributed by atoms with Crippen molar-refractivity contribution in [2.24, 2.45) is 5.73 Å². The van der Waals surface area contributed by atoms with Crippen molar-refractivity contribution in [3.8, 4) is 5.75 Å². The first kappa shape index (κ1) is 18.4. The van der Waals surface area contributed by atoms with Gasteiger partial charge in [0.15, 0.2) is 0 Å². The SMILES string of the molecule is CCCCOc1ccc(S(=O)(=O)NC(CN)C(=O)NO)cc1. The summed E-state index contributed by atoms with van der Waals surface area (Å²) in [4.78, 5) is 11.2. The molecule has 0 aliphatic carbocycles. The molecule has 22 heavy (non-hydrogen) atoms. The summed E-state index contributed by atoms with van der Waals surface area (Å²) < 4.78 is 31.8. The fourth-order valence-electron chi connectivity index (χ4n) is 1.59. The molecule has 0 aliphatic rings. The highest BCUT2D eigenvalue weighted by Crippen LogP contribution is 2.16. The van der Waals surface area contributed by atoms with E-state index in [1.165, 1.54) is 29.7 Å². The van der Waals surface area contributed by atoms with Crippen LogP contribution in [0.15, 0.2) is 29.2 Å². The number of carbonyl (C=O) groups is 1. The second kappa shape index (κ2) is 8.69. The van der Waals surface area contributed by atoms with Crippen LogP contribution in [0.3, 0.4) is 0 Å². The number of nitrogens with one attached hydrogen (secondary N) is 2. The van der Waals surface area contributed by atoms with Gasteiger partial charge in [-0.1, -0.05) is 13.3 Å². The number of nitrogens with two attached hydrogens (primary N) is 1. The molecule has 0 spiro atoms. The summed E-state index contributed by atoms with van der Waals surface area (Å²) in [7, 11) is -3.93. The summed E-state index contributed by atoms with van der Waals surface area (Å²) in [5.74, 6) is -0.360. The van der Waals surface area contributed by atoms with Crippen molar-refractivity contribution < 1.29 is 23.2 Å². The first-order valence-electron chi connectivity index (χ1n) is 6.83. The largest absolute Gasteiger partial charge is 0.494 e. The van der Waals surface area contributed by atoms with Crippen LogP contribution in [0, 0.1) is 0 Å². The lowest BCUT2D eigenvalue weighted by Crippen LogP contribution is -2.49. The van der Waals surface area contributed by atoms with Gasteiger partial charge in [-0.3, -0.25) is 10.0 Å². The molecule has 124 valence electrons. The molecule has 1 unspecified atom stereocenters. The van der Waals surface area contributed by atoms with Gasteiger partial charge in [0, 0.05) is 6.54 Å². The monoisotopic (exact) mass is 331 g/mol. The highest BCUT2D eigenvalue weighted by molar-refractivity contribution is 7.89. The van der Waals surface area contributed by atoms with Gasteiger partial charge in [0.1, 0.15) is 11.8 Å². The minimum Gasteiger partial charge on any atom is -0.494 e. The first-order chi connectivity index (χ1) is 10.4. The van der Waals surface area contributed by atoms with Gasteiger partial charge in [-0.05, 0) is 30.7 Å². The summed E-state index contributed by atoms with van der Waals surface area (Å²) in [6, 6.07) is 4.56. The smallest absolute Gasteiger partial charge is 0.262 e. The van der Waals surface area contributed by atoms with Gasteiger partial charge < -0.3 is 10.5 Å². The zero-order valence-corrected chi connectivity index (χ0v) is 13.1. The van der Waals surface area contributed by atoms with Gasteiger partial charge in [-0.25, -0.2) is 13.9 Å². The van der Waals surface area contributed by atoms with Crippen LogP contribution in [-0.2, 0) is 14.8 Å². The van der Waals surface area contributed by atoms with Crippen LogP contribution >= 0.6 is 0 Å². The zero-order valence-electron chi connectivity index (χ0n) is 12.3. The number of ether oxygens (including phenoxy) is 1. The van der Waals surface area contributed by atoms with Crippen molar-refractivity contribution in [1.29, 1.82) is 0 Å². The van der Waals surface area contributed by atoms with Crippen LogP contribution in [0.25, 0.3) is 0 Å². The van der Waals surface area contributed by atoms with Crippen LogP contribution in [0.4, 0.5) is 0 Å². The van der Waals surface area contributed by atoms with E-state index in [0.717, 1.165) is 12.8 Å². The second-order valence-corrected chi connectivity index (χ2v) is 6.27. The van der Waals surface area contributed by atoms with Crippen molar-refractivity contribution in [2.45, 2.75) is 30.7 Å². The number of hydrogen-bond donors (Lipinski definition) is 4. The third-order valence-electron chi connectivity index (χ3n) is 2.86. The predicted molar refractivity (Wildman–Crippen MR) is 79.9 cm³/mol. The molecule has 1 rings (SSSR count). The van der Waals surface area contributed by atoms with Crippen LogP contribution in [0.2, 0.25) is 0 Å². The topological polar surface area (TPSA) is 131 Å². The highest BCUT2D eigenvalue weighted by atomic mass is 32.2. The summed E-state index contributed by atoms with van der Waals surface area (Å²) in [6.07, 6.45) is 1.92. The Morgan fingerprint density at radius 2 is 2.00 bits per heavy atom. The Labute approximate surface area is 129 Å². The number of sulfonamides is 1. The van der Waals surface area contributed by atoms with Crippen molar-refractivity contribution >= 4 is 15.9 Å². The number of hydrogen-bond acceptors (Lipinski definition) is 6. The standard InChI is InChI=1S/C13H21N3O5S/c1-2-3-8-21-10-4-6-11(7-5-10)22(19,20)16-12(9-14)13(17)15-18/h4-7,12,16,18H,2-3,8-9,14H2,1H3,(H,15,17). The van der Waals surface area contributed by atoms with Crippen molar-refractivity contribution in [2.75, 3.05) is 13.2 Å². The van der Waals surface area contributed by atoms with Crippen LogP contribution in [-0.4, -0.2) is 38.7 Å². The fourth-order valence-corrected chi connectivity index (χ4v) is 2.80. The minimum atomic E-state index is -3.93. The maximum Gasteiger partial charge on any atom is 0.262 e. The molecule has 0 fully saturated rings. The average Bonchev–Trinajstić information content (AvgIpc) is 2.52. The summed E-state index contributed by atoms with van der Waals surface area (Å²) in [6.45, 7) is 2.32. The summed E-state index contributed by atoms with van der Waals surface area (Å²) in [5, 5.41) is 8.54. The lowest BCUT2D eigenvalue weighted by atomic mass is 10.3. The molecular formula is C13H21N3O5S. The average molecular weight is 331 g/mol. The van der Waals surface area contributed by atoms with E-state index in [1.807, 2.05) is 6.92 Å². The van der Waals surface area contributed by atoms with Gasteiger partial charge in [0.2, 0.25) is 10.0 Å². The van der Waals surface area contributed by atoms with Gasteiger partial charge in [0.25, 0.3) is 5.91 Å². The van der Waals surface area contributed by atoms with E-state index in [2.05, 4.69) is 4.72 Å².